The normalized spacial score (nSPS) is 32.8. The van der Waals surface area contributed by atoms with Gasteiger partial charge in [0.1, 0.15) is 6.10 Å². The van der Waals surface area contributed by atoms with Gasteiger partial charge in [-0.2, -0.15) is 0 Å². The first-order valence-electron chi connectivity index (χ1n) is 21.4. The topological polar surface area (TPSA) is 73.9 Å². The number of rotatable bonds is 17. The third-order valence-electron chi connectivity index (χ3n) is 14.1. The molecule has 0 saturated heterocycles. The fourth-order valence-corrected chi connectivity index (χ4v) is 10.8. The van der Waals surface area contributed by atoms with E-state index in [4.69, 9.17) is 14.2 Å². The summed E-state index contributed by atoms with van der Waals surface area (Å²) in [4.78, 5) is 25.4. The highest BCUT2D eigenvalue weighted by molar-refractivity contribution is 5.81. The van der Waals surface area contributed by atoms with E-state index >= 15 is 0 Å². The zero-order valence-corrected chi connectivity index (χ0v) is 34.8. The van der Waals surface area contributed by atoms with Crippen LogP contribution in [0.25, 0.3) is 0 Å². The molecule has 0 aromatic carbocycles. The Hall–Kier alpha value is -1.40. The minimum atomic E-state index is -0.272. The predicted octanol–water partition coefficient (Wildman–Crippen LogP) is 11.0. The Morgan fingerprint density at radius 1 is 0.882 bits per heavy atom. The Morgan fingerprint density at radius 2 is 1.65 bits per heavy atom. The quantitative estimate of drug-likeness (QED) is 0.0923. The van der Waals surface area contributed by atoms with Crippen molar-refractivity contribution in [3.8, 4) is 0 Å². The lowest BCUT2D eigenvalue weighted by molar-refractivity contribution is -0.152. The Labute approximate surface area is 313 Å². The molecule has 0 spiro atoms. The number of carbonyl (C=O) groups excluding carboxylic acids is 2. The summed E-state index contributed by atoms with van der Waals surface area (Å²) >= 11 is 0. The van der Waals surface area contributed by atoms with Crippen LogP contribution in [-0.4, -0.2) is 48.9 Å². The van der Waals surface area contributed by atoms with Crippen molar-refractivity contribution >= 4 is 11.9 Å². The van der Waals surface area contributed by atoms with E-state index in [9.17, 15) is 9.59 Å². The van der Waals surface area contributed by atoms with E-state index in [1.807, 2.05) is 0 Å². The molecule has 0 aromatic rings. The van der Waals surface area contributed by atoms with E-state index in [0.717, 1.165) is 67.6 Å². The van der Waals surface area contributed by atoms with Crippen LogP contribution in [0.3, 0.4) is 0 Å². The van der Waals surface area contributed by atoms with Crippen molar-refractivity contribution in [2.75, 3.05) is 19.8 Å². The van der Waals surface area contributed by atoms with Gasteiger partial charge in [0.05, 0.1) is 17.6 Å². The summed E-state index contributed by atoms with van der Waals surface area (Å²) in [6.07, 6.45) is 21.0. The number of nitrogens with one attached hydrogen (secondary N) is 1. The number of hydrogen-bond donors (Lipinski definition) is 1. The number of allylic oxidation sites excluding steroid dienone is 1. The summed E-state index contributed by atoms with van der Waals surface area (Å²) in [5, 5.41) is 2.95. The van der Waals surface area contributed by atoms with Gasteiger partial charge in [0.15, 0.2) is 0 Å². The molecule has 6 nitrogen and oxygen atoms in total. The molecule has 0 aromatic heterocycles. The molecule has 0 radical (unpaired) electrons. The third kappa shape index (κ3) is 12.0. The molecule has 3 saturated carbocycles. The lowest BCUT2D eigenvalue weighted by atomic mass is 9.53. The Kier molecular flexibility index (Phi) is 15.2. The summed E-state index contributed by atoms with van der Waals surface area (Å²) in [7, 11) is 0. The zero-order chi connectivity index (χ0) is 37.5. The molecule has 1 amide bonds. The van der Waals surface area contributed by atoms with Crippen LogP contribution in [0.1, 0.15) is 178 Å². The first-order valence-corrected chi connectivity index (χ1v) is 21.4. The highest BCUT2D eigenvalue weighted by atomic mass is 16.5. The van der Waals surface area contributed by atoms with Crippen molar-refractivity contribution in [2.45, 2.75) is 196 Å². The minimum Gasteiger partial charge on any atom is -0.462 e. The van der Waals surface area contributed by atoms with Gasteiger partial charge in [-0.25, -0.2) is 0 Å². The molecular formula is C45H79NO5. The lowest BCUT2D eigenvalue weighted by Gasteiger charge is -2.52. The molecule has 4 aliphatic rings. The average Bonchev–Trinajstić information content (AvgIpc) is 3.35. The first-order chi connectivity index (χ1) is 23.9. The second kappa shape index (κ2) is 18.3. The van der Waals surface area contributed by atoms with Crippen LogP contribution >= 0.6 is 0 Å². The largest absolute Gasteiger partial charge is 0.462 e. The molecule has 1 N–H and O–H groups in total. The predicted molar refractivity (Wildman–Crippen MR) is 209 cm³/mol. The summed E-state index contributed by atoms with van der Waals surface area (Å²) in [6, 6.07) is 0. The van der Waals surface area contributed by atoms with E-state index in [0.29, 0.717) is 25.2 Å². The number of amides is 1. The maximum Gasteiger partial charge on any atom is 0.306 e. The summed E-state index contributed by atoms with van der Waals surface area (Å²) in [5.41, 5.74) is 1.84. The van der Waals surface area contributed by atoms with Crippen molar-refractivity contribution < 1.29 is 23.8 Å². The van der Waals surface area contributed by atoms with Crippen LogP contribution in [0.15, 0.2) is 11.6 Å². The fourth-order valence-electron chi connectivity index (χ4n) is 10.8. The Morgan fingerprint density at radius 3 is 2.37 bits per heavy atom. The van der Waals surface area contributed by atoms with Crippen LogP contribution in [0.2, 0.25) is 0 Å². The number of hydrogen-bond acceptors (Lipinski definition) is 5. The molecule has 3 fully saturated rings. The second-order valence-corrected chi connectivity index (χ2v) is 19.9. The highest BCUT2D eigenvalue weighted by Crippen LogP contribution is 2.62. The van der Waals surface area contributed by atoms with E-state index in [1.54, 1.807) is 5.57 Å². The molecule has 4 aliphatic carbocycles. The van der Waals surface area contributed by atoms with Crippen molar-refractivity contribution in [1.29, 1.82) is 0 Å². The van der Waals surface area contributed by atoms with Gasteiger partial charge >= 0.3 is 5.97 Å². The maximum atomic E-state index is 12.9. The number of esters is 1. The van der Waals surface area contributed by atoms with Crippen molar-refractivity contribution in [1.82, 2.24) is 5.32 Å². The van der Waals surface area contributed by atoms with Gasteiger partial charge in [-0.1, -0.05) is 65.5 Å². The van der Waals surface area contributed by atoms with Crippen LogP contribution in [0.4, 0.5) is 0 Å². The van der Waals surface area contributed by atoms with Gasteiger partial charge in [0, 0.05) is 32.6 Å². The van der Waals surface area contributed by atoms with Gasteiger partial charge in [-0.3, -0.25) is 9.59 Å². The smallest absolute Gasteiger partial charge is 0.306 e. The molecule has 4 rings (SSSR count). The van der Waals surface area contributed by atoms with E-state index < -0.39 is 0 Å². The van der Waals surface area contributed by atoms with Crippen LogP contribution in [0, 0.1) is 46.3 Å². The van der Waals surface area contributed by atoms with Crippen molar-refractivity contribution in [3.05, 3.63) is 11.6 Å². The highest BCUT2D eigenvalue weighted by Gasteiger charge is 2.53. The lowest BCUT2D eigenvalue weighted by Crippen LogP contribution is -2.43. The minimum absolute atomic E-state index is 0.0662. The van der Waals surface area contributed by atoms with Crippen molar-refractivity contribution in [3.63, 3.8) is 0 Å². The standard InChI is InChI=1S/C45H79NO5/c1-32(2)13-11-14-33(3)38-19-20-39-34-15-17-35(23-25-45(38,39)10)44(9)26-24-37(31-36(44)18-16-34)51-41(48)22-21-40(47)46-28-12-29-50-43(7,8)27-30-49-42(4,5)6/h18,32-35,37-39H,11-17,19-31H2,1-10H3,(H,46,47)/b36-18-/t33?,34-,35-,37+,38-,39+,44-,45-/m1/s1. The van der Waals surface area contributed by atoms with E-state index in [2.05, 4.69) is 80.6 Å². The Bertz CT molecular complexity index is 1150. The number of ether oxygens (including phenoxy) is 3. The van der Waals surface area contributed by atoms with E-state index in [1.165, 1.54) is 64.2 Å². The summed E-state index contributed by atoms with van der Waals surface area (Å²) < 4.78 is 17.9. The monoisotopic (exact) mass is 714 g/mol. The molecule has 2 bridgehead atoms. The molecule has 6 heteroatoms. The van der Waals surface area contributed by atoms with Crippen molar-refractivity contribution in [2.24, 2.45) is 46.3 Å². The molecule has 0 aliphatic heterocycles. The molecular weight excluding hydrogens is 634 g/mol. The molecule has 1 unspecified atom stereocenters. The van der Waals surface area contributed by atoms with Crippen LogP contribution in [0.5, 0.6) is 0 Å². The van der Waals surface area contributed by atoms with Gasteiger partial charge in [-0.15, -0.1) is 0 Å². The zero-order valence-electron chi connectivity index (χ0n) is 34.8. The van der Waals surface area contributed by atoms with Gasteiger partial charge in [0.25, 0.3) is 0 Å². The number of fused-ring (bicyclic) bond motifs is 7. The SMILES string of the molecule is CC(C)CCCC(C)[C@H]1CC[C@H]2[C@H]3C/C=C4/C[C@@H](OC(=O)CCC(=O)NCCCOC(C)(C)CCOC(C)(C)C)CC[C@]4(C)[C@H](CC3)CC[C@]12C. The first kappa shape index (κ1) is 42.3. The van der Waals surface area contributed by atoms with Crippen LogP contribution < -0.4 is 5.32 Å². The average molecular weight is 714 g/mol. The Balaban J connectivity index is 1.22. The van der Waals surface area contributed by atoms with Crippen LogP contribution in [-0.2, 0) is 23.8 Å². The van der Waals surface area contributed by atoms with Gasteiger partial charge < -0.3 is 19.5 Å². The molecule has 51 heavy (non-hydrogen) atoms. The molecule has 8 atom stereocenters. The second-order valence-electron chi connectivity index (χ2n) is 19.9. The maximum absolute atomic E-state index is 12.9. The van der Waals surface area contributed by atoms with Gasteiger partial charge in [-0.05, 0) is 152 Å². The fraction of sp³-hybridized carbons (Fsp3) is 0.911. The molecule has 294 valence electrons. The molecule has 0 heterocycles. The van der Waals surface area contributed by atoms with E-state index in [-0.39, 0.29) is 47.4 Å². The number of carbonyl (C=O) groups is 2. The summed E-state index contributed by atoms with van der Waals surface area (Å²) in [5.74, 6) is 4.54. The van der Waals surface area contributed by atoms with Gasteiger partial charge in [0.2, 0.25) is 5.91 Å². The third-order valence-corrected chi connectivity index (χ3v) is 14.1. The summed E-state index contributed by atoms with van der Waals surface area (Å²) in [6.45, 7) is 24.6.